The van der Waals surface area contributed by atoms with Crippen molar-refractivity contribution in [3.63, 3.8) is 0 Å². The van der Waals surface area contributed by atoms with Crippen molar-refractivity contribution in [2.24, 2.45) is 5.73 Å². The maximum atomic E-state index is 9.61. The zero-order valence-corrected chi connectivity index (χ0v) is 6.50. The Bertz CT molecular complexity index is 125. The molecule has 0 radical (unpaired) electrons. The van der Waals surface area contributed by atoms with Gasteiger partial charge in [0.25, 0.3) is 0 Å². The van der Waals surface area contributed by atoms with E-state index < -0.39 is 5.60 Å². The maximum Gasteiger partial charge on any atom is 0.0817 e. The van der Waals surface area contributed by atoms with Crippen LogP contribution in [0, 0.1) is 0 Å². The third-order valence-electron chi connectivity index (χ3n) is 2.21. The van der Waals surface area contributed by atoms with Gasteiger partial charge in [-0.25, -0.2) is 0 Å². The Morgan fingerprint density at radius 2 is 2.30 bits per heavy atom. The summed E-state index contributed by atoms with van der Waals surface area (Å²) in [5.41, 5.74) is 4.94. The summed E-state index contributed by atoms with van der Waals surface area (Å²) in [7, 11) is 0. The van der Waals surface area contributed by atoms with E-state index in [1.54, 1.807) is 6.92 Å². The highest BCUT2D eigenvalue weighted by Crippen LogP contribution is 2.22. The van der Waals surface area contributed by atoms with Crippen LogP contribution in [-0.2, 0) is 4.74 Å². The Kier molecular flexibility index (Phi) is 1.99. The Balaban J connectivity index is 2.60. The minimum Gasteiger partial charge on any atom is -0.388 e. The van der Waals surface area contributed by atoms with Crippen LogP contribution in [0.15, 0.2) is 0 Å². The van der Waals surface area contributed by atoms with Gasteiger partial charge in [-0.3, -0.25) is 0 Å². The number of hydrogen-bond donors (Lipinski definition) is 2. The Morgan fingerprint density at radius 1 is 1.70 bits per heavy atom. The predicted octanol–water partition coefficient (Wildman–Crippen LogP) is -0.126. The van der Waals surface area contributed by atoms with Crippen molar-refractivity contribution in [1.29, 1.82) is 0 Å². The van der Waals surface area contributed by atoms with Gasteiger partial charge in [0.2, 0.25) is 0 Å². The maximum absolute atomic E-state index is 9.61. The molecule has 0 aliphatic carbocycles. The highest BCUT2D eigenvalue weighted by molar-refractivity contribution is 4.92. The Morgan fingerprint density at radius 3 is 2.70 bits per heavy atom. The normalized spacial score (nSPS) is 49.2. The highest BCUT2D eigenvalue weighted by Gasteiger charge is 2.36. The highest BCUT2D eigenvalue weighted by atomic mass is 16.5. The molecule has 1 aliphatic rings. The fraction of sp³-hybridized carbons (Fsp3) is 1.00. The second kappa shape index (κ2) is 2.49. The van der Waals surface area contributed by atoms with Crippen LogP contribution in [0.1, 0.15) is 20.3 Å². The van der Waals surface area contributed by atoms with E-state index >= 15 is 0 Å². The summed E-state index contributed by atoms with van der Waals surface area (Å²) < 4.78 is 5.24. The summed E-state index contributed by atoms with van der Waals surface area (Å²) in [5.74, 6) is 0. The van der Waals surface area contributed by atoms with Crippen LogP contribution in [0.25, 0.3) is 0 Å². The average molecular weight is 145 g/mol. The standard InChI is InChI=1S/C7H15NO2/c1-5-6(8)7(2,9)3-4-10-5/h5-6,9H,3-4,8H2,1-2H3. The monoisotopic (exact) mass is 145 g/mol. The van der Waals surface area contributed by atoms with Gasteiger partial charge in [0.15, 0.2) is 0 Å². The minimum absolute atomic E-state index is 0.0243. The van der Waals surface area contributed by atoms with E-state index in [1.165, 1.54) is 0 Å². The molecule has 3 heteroatoms. The van der Waals surface area contributed by atoms with Gasteiger partial charge < -0.3 is 15.6 Å². The summed E-state index contributed by atoms with van der Waals surface area (Å²) in [5, 5.41) is 9.61. The van der Waals surface area contributed by atoms with E-state index in [0.717, 1.165) is 0 Å². The van der Waals surface area contributed by atoms with Crippen molar-refractivity contribution in [2.45, 2.75) is 38.0 Å². The SMILES string of the molecule is CC1OCCC(C)(O)C1N. The lowest BCUT2D eigenvalue weighted by atomic mass is 9.88. The fourth-order valence-electron chi connectivity index (χ4n) is 1.23. The van der Waals surface area contributed by atoms with Crippen molar-refractivity contribution in [3.05, 3.63) is 0 Å². The van der Waals surface area contributed by atoms with E-state index in [2.05, 4.69) is 0 Å². The molecule has 1 aliphatic heterocycles. The van der Waals surface area contributed by atoms with Gasteiger partial charge in [-0.15, -0.1) is 0 Å². The second-order valence-corrected chi connectivity index (χ2v) is 3.21. The Hall–Kier alpha value is -0.120. The second-order valence-electron chi connectivity index (χ2n) is 3.21. The van der Waals surface area contributed by atoms with Crippen molar-refractivity contribution in [1.82, 2.24) is 0 Å². The molecule has 1 rings (SSSR count). The molecule has 0 aromatic rings. The molecule has 3 unspecified atom stereocenters. The van der Waals surface area contributed by atoms with Gasteiger partial charge in [0.1, 0.15) is 0 Å². The average Bonchev–Trinajstić information content (AvgIpc) is 1.83. The van der Waals surface area contributed by atoms with E-state index in [-0.39, 0.29) is 12.1 Å². The number of nitrogens with two attached hydrogens (primary N) is 1. The van der Waals surface area contributed by atoms with Crippen LogP contribution in [0.5, 0.6) is 0 Å². The lowest BCUT2D eigenvalue weighted by Crippen LogP contribution is -2.56. The first-order valence-electron chi connectivity index (χ1n) is 3.63. The van der Waals surface area contributed by atoms with Crippen LogP contribution in [-0.4, -0.2) is 29.5 Å². The first-order chi connectivity index (χ1) is 4.54. The predicted molar refractivity (Wildman–Crippen MR) is 38.6 cm³/mol. The summed E-state index contributed by atoms with van der Waals surface area (Å²) in [6.45, 7) is 4.26. The van der Waals surface area contributed by atoms with Crippen LogP contribution in [0.3, 0.4) is 0 Å². The molecule has 0 spiro atoms. The molecular weight excluding hydrogens is 130 g/mol. The van der Waals surface area contributed by atoms with E-state index in [4.69, 9.17) is 10.5 Å². The topological polar surface area (TPSA) is 55.5 Å². The minimum atomic E-state index is -0.738. The smallest absolute Gasteiger partial charge is 0.0817 e. The Labute approximate surface area is 61.2 Å². The fourth-order valence-corrected chi connectivity index (χ4v) is 1.23. The third kappa shape index (κ3) is 1.31. The van der Waals surface area contributed by atoms with E-state index in [1.807, 2.05) is 6.92 Å². The number of aliphatic hydroxyl groups is 1. The van der Waals surface area contributed by atoms with Crippen molar-refractivity contribution < 1.29 is 9.84 Å². The molecule has 1 fully saturated rings. The lowest BCUT2D eigenvalue weighted by Gasteiger charge is -2.38. The van der Waals surface area contributed by atoms with E-state index in [9.17, 15) is 5.11 Å². The molecule has 3 atom stereocenters. The molecule has 60 valence electrons. The molecule has 1 heterocycles. The molecule has 1 saturated heterocycles. The van der Waals surface area contributed by atoms with Gasteiger partial charge in [-0.05, 0) is 13.8 Å². The van der Waals surface area contributed by atoms with Gasteiger partial charge in [0, 0.05) is 13.0 Å². The van der Waals surface area contributed by atoms with Gasteiger partial charge in [0.05, 0.1) is 17.7 Å². The zero-order chi connectivity index (χ0) is 7.78. The molecule has 0 aromatic heterocycles. The number of rotatable bonds is 0. The first-order valence-corrected chi connectivity index (χ1v) is 3.63. The molecular formula is C7H15NO2. The summed E-state index contributed by atoms with van der Waals surface area (Å²) >= 11 is 0. The molecule has 0 bridgehead atoms. The van der Waals surface area contributed by atoms with Crippen molar-refractivity contribution >= 4 is 0 Å². The zero-order valence-electron chi connectivity index (χ0n) is 6.50. The third-order valence-corrected chi connectivity index (χ3v) is 2.21. The molecule has 0 aromatic carbocycles. The van der Waals surface area contributed by atoms with Gasteiger partial charge in [-0.2, -0.15) is 0 Å². The van der Waals surface area contributed by atoms with Crippen LogP contribution >= 0.6 is 0 Å². The lowest BCUT2D eigenvalue weighted by molar-refractivity contribution is -0.104. The first kappa shape index (κ1) is 7.98. The largest absolute Gasteiger partial charge is 0.388 e. The van der Waals surface area contributed by atoms with Crippen LogP contribution < -0.4 is 5.73 Å². The molecule has 0 saturated carbocycles. The molecule has 0 amide bonds. The van der Waals surface area contributed by atoms with Gasteiger partial charge >= 0.3 is 0 Å². The van der Waals surface area contributed by atoms with E-state index in [0.29, 0.717) is 13.0 Å². The number of ether oxygens (including phenoxy) is 1. The summed E-state index contributed by atoms with van der Waals surface area (Å²) in [6, 6.07) is -0.249. The van der Waals surface area contributed by atoms with Crippen LogP contribution in [0.4, 0.5) is 0 Å². The van der Waals surface area contributed by atoms with Crippen molar-refractivity contribution in [2.75, 3.05) is 6.61 Å². The molecule has 3 nitrogen and oxygen atoms in total. The van der Waals surface area contributed by atoms with Crippen LogP contribution in [0.2, 0.25) is 0 Å². The molecule has 10 heavy (non-hydrogen) atoms. The quantitative estimate of drug-likeness (QED) is 0.499. The van der Waals surface area contributed by atoms with Crippen molar-refractivity contribution in [3.8, 4) is 0 Å². The summed E-state index contributed by atoms with van der Waals surface area (Å²) in [6.07, 6.45) is 0.613. The molecule has 3 N–H and O–H groups in total. The number of hydrogen-bond acceptors (Lipinski definition) is 3. The summed E-state index contributed by atoms with van der Waals surface area (Å²) in [4.78, 5) is 0. The van der Waals surface area contributed by atoms with Gasteiger partial charge in [-0.1, -0.05) is 0 Å².